The first-order valence-corrected chi connectivity index (χ1v) is 10.6. The van der Waals surface area contributed by atoms with E-state index in [2.05, 4.69) is 20.3 Å². The van der Waals surface area contributed by atoms with Crippen LogP contribution >= 0.6 is 11.8 Å². The molecule has 146 valence electrons. The molecule has 6 heteroatoms. The highest BCUT2D eigenvalue weighted by molar-refractivity contribution is 7.98. The van der Waals surface area contributed by atoms with Gasteiger partial charge in [0.25, 0.3) is 5.91 Å². The van der Waals surface area contributed by atoms with Gasteiger partial charge in [0.15, 0.2) is 0 Å². The summed E-state index contributed by atoms with van der Waals surface area (Å²) in [4.78, 5) is 26.0. The van der Waals surface area contributed by atoms with Gasteiger partial charge in [-0.15, -0.1) is 11.8 Å². The predicted molar refractivity (Wildman–Crippen MR) is 122 cm³/mol. The number of pyridine rings is 2. The summed E-state index contributed by atoms with van der Waals surface area (Å²) in [6.45, 7) is 0. The van der Waals surface area contributed by atoms with E-state index in [-0.39, 0.29) is 5.91 Å². The molecular weight excluding hydrogens is 392 g/mol. The van der Waals surface area contributed by atoms with Crippen molar-refractivity contribution in [3.63, 3.8) is 0 Å². The van der Waals surface area contributed by atoms with E-state index in [1.54, 1.807) is 30.4 Å². The van der Waals surface area contributed by atoms with Gasteiger partial charge in [0, 0.05) is 45.5 Å². The number of hydrogen-bond donors (Lipinski definition) is 2. The number of H-pyrrole nitrogens is 1. The number of aromatic amines is 1. The van der Waals surface area contributed by atoms with Gasteiger partial charge in [-0.05, 0) is 48.0 Å². The zero-order chi connectivity index (χ0) is 20.3. The highest BCUT2D eigenvalue weighted by Crippen LogP contribution is 2.32. The van der Waals surface area contributed by atoms with E-state index in [1.807, 2.05) is 66.7 Å². The number of aromatic nitrogens is 3. The van der Waals surface area contributed by atoms with Gasteiger partial charge >= 0.3 is 0 Å². The minimum atomic E-state index is -0.180. The van der Waals surface area contributed by atoms with Crippen LogP contribution in [0, 0.1) is 0 Å². The highest BCUT2D eigenvalue weighted by atomic mass is 32.2. The second-order valence-electron chi connectivity index (χ2n) is 6.87. The van der Waals surface area contributed by atoms with Crippen LogP contribution in [0.5, 0.6) is 0 Å². The monoisotopic (exact) mass is 410 g/mol. The topological polar surface area (TPSA) is 70.7 Å². The normalized spacial score (nSPS) is 11.1. The number of anilines is 1. The Kier molecular flexibility index (Phi) is 4.91. The molecule has 0 aliphatic carbocycles. The third kappa shape index (κ3) is 3.65. The van der Waals surface area contributed by atoms with Crippen molar-refractivity contribution in [2.45, 2.75) is 10.6 Å². The molecule has 0 aliphatic rings. The van der Waals surface area contributed by atoms with Crippen molar-refractivity contribution in [2.75, 3.05) is 5.32 Å². The quantitative estimate of drug-likeness (QED) is 0.367. The number of carbonyl (C=O) groups excluding carboxylic acids is 1. The lowest BCUT2D eigenvalue weighted by Gasteiger charge is -2.08. The number of nitrogens with one attached hydrogen (secondary N) is 2. The lowest BCUT2D eigenvalue weighted by Crippen LogP contribution is -2.12. The van der Waals surface area contributed by atoms with E-state index in [0.717, 1.165) is 32.5 Å². The molecule has 2 N–H and O–H groups in total. The lowest BCUT2D eigenvalue weighted by molar-refractivity contribution is 0.102. The Hall–Kier alpha value is -3.64. The van der Waals surface area contributed by atoms with E-state index in [4.69, 9.17) is 0 Å². The number of nitrogens with zero attached hydrogens (tertiary/aromatic N) is 2. The van der Waals surface area contributed by atoms with Gasteiger partial charge in [-0.25, -0.2) is 4.98 Å². The van der Waals surface area contributed by atoms with Crippen LogP contribution in [-0.4, -0.2) is 20.9 Å². The summed E-state index contributed by atoms with van der Waals surface area (Å²) in [5.41, 5.74) is 3.58. The summed E-state index contributed by atoms with van der Waals surface area (Å²) in [5, 5.41) is 4.91. The molecule has 0 saturated carbocycles. The van der Waals surface area contributed by atoms with Crippen molar-refractivity contribution in [2.24, 2.45) is 0 Å². The third-order valence-corrected chi connectivity index (χ3v) is 6.02. The molecule has 1 amide bonds. The molecule has 5 aromatic rings. The Morgan fingerprint density at radius 2 is 1.83 bits per heavy atom. The maximum atomic E-state index is 13.1. The number of amides is 1. The molecule has 30 heavy (non-hydrogen) atoms. The van der Waals surface area contributed by atoms with Crippen molar-refractivity contribution in [3.05, 3.63) is 96.4 Å². The molecular formula is C24H18N4OS. The molecule has 3 heterocycles. The standard InChI is InChI=1S/C24H18N4OS/c29-24(28-22-9-8-17-4-1-2-5-19(17)27-22)18-14-26-20-6-3-7-21(23(18)20)30-15-16-10-12-25-13-11-16/h1-14,26H,15H2,(H,27,28,29). The van der Waals surface area contributed by atoms with E-state index < -0.39 is 0 Å². The van der Waals surface area contributed by atoms with E-state index in [9.17, 15) is 4.79 Å². The van der Waals surface area contributed by atoms with Crippen LogP contribution in [0.1, 0.15) is 15.9 Å². The Morgan fingerprint density at radius 1 is 0.967 bits per heavy atom. The summed E-state index contributed by atoms with van der Waals surface area (Å²) in [5.74, 6) is 1.16. The molecule has 0 atom stereocenters. The molecule has 0 radical (unpaired) electrons. The van der Waals surface area contributed by atoms with Gasteiger partial charge in [-0.3, -0.25) is 9.78 Å². The number of carbonyl (C=O) groups is 1. The highest BCUT2D eigenvalue weighted by Gasteiger charge is 2.16. The largest absolute Gasteiger partial charge is 0.360 e. The number of thioether (sulfide) groups is 1. The number of rotatable bonds is 5. The average Bonchev–Trinajstić information content (AvgIpc) is 3.23. The smallest absolute Gasteiger partial charge is 0.259 e. The molecule has 0 saturated heterocycles. The summed E-state index contributed by atoms with van der Waals surface area (Å²) in [6.07, 6.45) is 5.35. The van der Waals surface area contributed by atoms with Crippen LogP contribution in [0.15, 0.2) is 90.2 Å². The fourth-order valence-electron chi connectivity index (χ4n) is 3.41. The Balaban J connectivity index is 1.43. The Morgan fingerprint density at radius 3 is 2.73 bits per heavy atom. The van der Waals surface area contributed by atoms with Gasteiger partial charge in [0.1, 0.15) is 5.82 Å². The molecule has 3 aromatic heterocycles. The van der Waals surface area contributed by atoms with E-state index >= 15 is 0 Å². The number of para-hydroxylation sites is 1. The van der Waals surface area contributed by atoms with Gasteiger partial charge in [-0.2, -0.15) is 0 Å². The predicted octanol–water partition coefficient (Wildman–Crippen LogP) is 5.66. The fourth-order valence-corrected chi connectivity index (χ4v) is 4.46. The van der Waals surface area contributed by atoms with Crippen molar-refractivity contribution < 1.29 is 4.79 Å². The van der Waals surface area contributed by atoms with Crippen LogP contribution in [-0.2, 0) is 5.75 Å². The van der Waals surface area contributed by atoms with E-state index in [0.29, 0.717) is 11.4 Å². The van der Waals surface area contributed by atoms with Crippen molar-refractivity contribution in [1.82, 2.24) is 15.0 Å². The molecule has 2 aromatic carbocycles. The van der Waals surface area contributed by atoms with Gasteiger partial charge in [0.05, 0.1) is 11.1 Å². The number of hydrogen-bond acceptors (Lipinski definition) is 4. The number of benzene rings is 2. The van der Waals surface area contributed by atoms with Crippen LogP contribution in [0.3, 0.4) is 0 Å². The van der Waals surface area contributed by atoms with Gasteiger partial charge < -0.3 is 10.3 Å². The molecule has 0 unspecified atom stereocenters. The third-order valence-electron chi connectivity index (χ3n) is 4.90. The zero-order valence-corrected chi connectivity index (χ0v) is 16.8. The van der Waals surface area contributed by atoms with Crippen LogP contribution in [0.2, 0.25) is 0 Å². The first-order valence-electron chi connectivity index (χ1n) is 9.57. The first kappa shape index (κ1) is 18.4. The molecule has 0 spiro atoms. The van der Waals surface area contributed by atoms with Crippen molar-refractivity contribution in [3.8, 4) is 0 Å². The Labute approximate surface area is 177 Å². The maximum absolute atomic E-state index is 13.1. The molecule has 0 bridgehead atoms. The fraction of sp³-hybridized carbons (Fsp3) is 0.0417. The second-order valence-corrected chi connectivity index (χ2v) is 7.89. The first-order chi connectivity index (χ1) is 14.8. The molecule has 5 nitrogen and oxygen atoms in total. The maximum Gasteiger partial charge on any atom is 0.259 e. The number of fused-ring (bicyclic) bond motifs is 2. The van der Waals surface area contributed by atoms with Crippen LogP contribution < -0.4 is 5.32 Å². The molecule has 0 aliphatic heterocycles. The average molecular weight is 411 g/mol. The van der Waals surface area contributed by atoms with Crippen molar-refractivity contribution in [1.29, 1.82) is 0 Å². The summed E-state index contributed by atoms with van der Waals surface area (Å²) in [7, 11) is 0. The zero-order valence-electron chi connectivity index (χ0n) is 16.0. The van der Waals surface area contributed by atoms with Crippen LogP contribution in [0.4, 0.5) is 5.82 Å². The Bertz CT molecular complexity index is 1350. The molecule has 0 fully saturated rings. The van der Waals surface area contributed by atoms with Crippen LogP contribution in [0.25, 0.3) is 21.8 Å². The SMILES string of the molecule is O=C(Nc1ccc2ccccc2n1)c1c[nH]c2cccc(SCc3ccncc3)c12. The summed E-state index contributed by atoms with van der Waals surface area (Å²) < 4.78 is 0. The summed E-state index contributed by atoms with van der Waals surface area (Å²) >= 11 is 1.70. The van der Waals surface area contributed by atoms with E-state index in [1.165, 1.54) is 5.56 Å². The molecule has 5 rings (SSSR count). The minimum Gasteiger partial charge on any atom is -0.360 e. The minimum absolute atomic E-state index is 0.180. The lowest BCUT2D eigenvalue weighted by atomic mass is 10.1. The van der Waals surface area contributed by atoms with Crippen molar-refractivity contribution >= 4 is 45.3 Å². The van der Waals surface area contributed by atoms with Gasteiger partial charge in [0.2, 0.25) is 0 Å². The second kappa shape index (κ2) is 8.00. The van der Waals surface area contributed by atoms with Gasteiger partial charge in [-0.1, -0.05) is 24.3 Å². The summed E-state index contributed by atoms with van der Waals surface area (Å²) in [6, 6.07) is 21.7.